The maximum absolute atomic E-state index is 12.7. The van der Waals surface area contributed by atoms with Gasteiger partial charge in [-0.25, -0.2) is 0 Å². The van der Waals surface area contributed by atoms with Gasteiger partial charge in [-0.3, -0.25) is 4.79 Å². The monoisotopic (exact) mass is 309 g/mol. The highest BCUT2D eigenvalue weighted by Crippen LogP contribution is 2.33. The molecule has 2 atom stereocenters. The molecule has 3 fully saturated rings. The first-order chi connectivity index (χ1) is 10.4. The van der Waals surface area contributed by atoms with Gasteiger partial charge in [0.2, 0.25) is 5.91 Å². The molecule has 2 bridgehead atoms. The van der Waals surface area contributed by atoms with Crippen LogP contribution in [0, 0.1) is 0 Å². The third-order valence-electron chi connectivity index (χ3n) is 6.93. The van der Waals surface area contributed by atoms with E-state index in [-0.39, 0.29) is 0 Å². The van der Waals surface area contributed by atoms with E-state index in [4.69, 9.17) is 0 Å². The van der Waals surface area contributed by atoms with Gasteiger partial charge in [-0.15, -0.1) is 0 Å². The first-order valence-corrected chi connectivity index (χ1v) is 9.35. The van der Waals surface area contributed by atoms with E-state index in [0.29, 0.717) is 18.0 Å². The summed E-state index contributed by atoms with van der Waals surface area (Å²) >= 11 is 0. The summed E-state index contributed by atoms with van der Waals surface area (Å²) in [5, 5.41) is 0. The summed E-state index contributed by atoms with van der Waals surface area (Å²) in [6, 6.07) is 1.33. The molecule has 4 nitrogen and oxygen atoms in total. The molecule has 0 aliphatic carbocycles. The summed E-state index contributed by atoms with van der Waals surface area (Å²) in [6.07, 6.45) is 8.75. The fourth-order valence-electron chi connectivity index (χ4n) is 4.97. The molecule has 0 aromatic carbocycles. The van der Waals surface area contributed by atoms with E-state index in [1.807, 2.05) is 0 Å². The van der Waals surface area contributed by atoms with Crippen molar-refractivity contribution >= 4 is 5.91 Å². The zero-order valence-electron chi connectivity index (χ0n) is 14.9. The van der Waals surface area contributed by atoms with Crippen LogP contribution < -0.4 is 0 Å². The smallest absolute Gasteiger partial charge is 0.228 e. The van der Waals surface area contributed by atoms with Crippen LogP contribution in [0.5, 0.6) is 0 Å². The van der Waals surface area contributed by atoms with E-state index in [1.165, 1.54) is 51.6 Å². The molecule has 3 aliphatic heterocycles. The highest BCUT2D eigenvalue weighted by molar-refractivity contribution is 5.76. The number of piperazine rings is 1. The lowest BCUT2D eigenvalue weighted by molar-refractivity contribution is -0.948. The average Bonchev–Trinajstić information content (AvgIpc) is 2.44. The number of nitrogens with zero attached hydrogens (tertiary/aromatic N) is 3. The minimum atomic E-state index is 0.418. The van der Waals surface area contributed by atoms with Crippen molar-refractivity contribution in [1.29, 1.82) is 0 Å². The van der Waals surface area contributed by atoms with E-state index in [0.717, 1.165) is 35.0 Å². The number of amides is 1. The fourth-order valence-corrected chi connectivity index (χ4v) is 4.97. The van der Waals surface area contributed by atoms with Crippen LogP contribution in [0.3, 0.4) is 0 Å². The van der Waals surface area contributed by atoms with Crippen molar-refractivity contribution in [2.24, 2.45) is 0 Å². The van der Waals surface area contributed by atoms with Gasteiger partial charge in [0.1, 0.15) is 12.1 Å². The minimum absolute atomic E-state index is 0.418. The van der Waals surface area contributed by atoms with E-state index < -0.39 is 0 Å². The predicted octanol–water partition coefficient (Wildman–Crippen LogP) is 1.85. The quantitative estimate of drug-likeness (QED) is 0.729. The van der Waals surface area contributed by atoms with Gasteiger partial charge >= 0.3 is 0 Å². The van der Waals surface area contributed by atoms with Crippen LogP contribution in [-0.2, 0) is 4.79 Å². The summed E-state index contributed by atoms with van der Waals surface area (Å²) in [4.78, 5) is 14.9. The van der Waals surface area contributed by atoms with Gasteiger partial charge in [-0.2, -0.15) is 0 Å². The van der Waals surface area contributed by atoms with Crippen LogP contribution in [0.15, 0.2) is 0 Å². The minimum Gasteiger partial charge on any atom is -0.331 e. The molecule has 3 saturated heterocycles. The van der Waals surface area contributed by atoms with Crippen LogP contribution in [0.2, 0.25) is 0 Å². The van der Waals surface area contributed by atoms with E-state index in [2.05, 4.69) is 26.0 Å². The van der Waals surface area contributed by atoms with Crippen LogP contribution in [0.4, 0.5) is 0 Å². The predicted molar refractivity (Wildman–Crippen MR) is 89.4 cm³/mol. The number of hydrogen-bond donors (Lipinski definition) is 0. The van der Waals surface area contributed by atoms with Crippen LogP contribution in [0.25, 0.3) is 0 Å². The number of carbonyl (C=O) groups excluding carboxylic acids is 1. The fraction of sp³-hybridized carbons (Fsp3) is 0.944. The van der Waals surface area contributed by atoms with Crippen molar-refractivity contribution in [3.05, 3.63) is 0 Å². The molecule has 0 radical (unpaired) electrons. The molecule has 126 valence electrons. The Balaban J connectivity index is 1.55. The Kier molecular flexibility index (Phi) is 4.52. The summed E-state index contributed by atoms with van der Waals surface area (Å²) in [5.41, 5.74) is 0. The molecule has 0 aromatic heterocycles. The average molecular weight is 309 g/mol. The van der Waals surface area contributed by atoms with Crippen molar-refractivity contribution in [2.75, 3.05) is 53.9 Å². The molecule has 0 N–H and O–H groups in total. The second kappa shape index (κ2) is 6.12. The lowest BCUT2D eigenvalue weighted by Crippen LogP contribution is -2.69. The lowest BCUT2D eigenvalue weighted by Gasteiger charge is -2.54. The van der Waals surface area contributed by atoms with Crippen molar-refractivity contribution in [1.82, 2.24) is 4.90 Å². The highest BCUT2D eigenvalue weighted by Gasteiger charge is 2.46. The molecule has 0 saturated carbocycles. The Morgan fingerprint density at radius 1 is 0.955 bits per heavy atom. The van der Waals surface area contributed by atoms with Gasteiger partial charge in [0.05, 0.1) is 60.3 Å². The van der Waals surface area contributed by atoms with Gasteiger partial charge in [-0.1, -0.05) is 0 Å². The number of piperidine rings is 2. The zero-order valence-corrected chi connectivity index (χ0v) is 14.9. The zero-order chi connectivity index (χ0) is 15.8. The highest BCUT2D eigenvalue weighted by atomic mass is 16.2. The largest absolute Gasteiger partial charge is 0.331 e. The number of carbonyl (C=O) groups is 1. The van der Waals surface area contributed by atoms with Gasteiger partial charge < -0.3 is 13.9 Å². The molecule has 3 heterocycles. The van der Waals surface area contributed by atoms with Crippen molar-refractivity contribution < 1.29 is 13.8 Å². The summed E-state index contributed by atoms with van der Waals surface area (Å²) in [5.74, 6) is 0.418. The standard InChI is InChI=1S/C18H35N3O/c1-20(2)16-8-7-9-17(20)15-19(14-16)18(22)10-13-21(3)11-5-4-6-12-21/h16-17H,4-15H2,1-3H3/q+2. The molecular weight excluding hydrogens is 274 g/mol. The lowest BCUT2D eigenvalue weighted by atomic mass is 9.89. The third kappa shape index (κ3) is 3.18. The van der Waals surface area contributed by atoms with E-state index >= 15 is 0 Å². The van der Waals surface area contributed by atoms with Crippen LogP contribution >= 0.6 is 0 Å². The number of rotatable bonds is 3. The molecule has 4 heteroatoms. The molecule has 2 unspecified atom stereocenters. The molecule has 3 aliphatic rings. The number of fused-ring (bicyclic) bond motifs is 2. The van der Waals surface area contributed by atoms with Gasteiger partial charge in [0.25, 0.3) is 0 Å². The Morgan fingerprint density at radius 3 is 2.14 bits per heavy atom. The molecule has 3 rings (SSSR count). The number of likely N-dealkylation sites (tertiary alicyclic amines) is 2. The summed E-state index contributed by atoms with van der Waals surface area (Å²) in [7, 11) is 7.09. The molecule has 0 spiro atoms. The Morgan fingerprint density at radius 2 is 1.55 bits per heavy atom. The first-order valence-electron chi connectivity index (χ1n) is 9.35. The van der Waals surface area contributed by atoms with E-state index in [1.54, 1.807) is 0 Å². The SMILES string of the molecule is C[N+]1(CCC(=O)N2CC3CCCC(C2)[N+]3(C)C)CCCCC1. The molecule has 0 aromatic rings. The number of hydrogen-bond acceptors (Lipinski definition) is 1. The normalized spacial score (nSPS) is 33.5. The maximum Gasteiger partial charge on any atom is 0.228 e. The Labute approximate surface area is 136 Å². The second-order valence-electron chi connectivity index (χ2n) is 8.77. The molecular formula is C18H35N3O+2. The Hall–Kier alpha value is -0.610. The second-order valence-corrected chi connectivity index (χ2v) is 8.77. The van der Waals surface area contributed by atoms with Crippen LogP contribution in [-0.4, -0.2) is 85.7 Å². The van der Waals surface area contributed by atoms with Crippen molar-refractivity contribution in [3.8, 4) is 0 Å². The number of quaternary nitrogens is 2. The maximum atomic E-state index is 12.7. The van der Waals surface area contributed by atoms with Crippen molar-refractivity contribution in [3.63, 3.8) is 0 Å². The third-order valence-corrected chi connectivity index (χ3v) is 6.93. The first kappa shape index (κ1) is 16.3. The number of likely N-dealkylation sites (N-methyl/N-ethyl adjacent to an activating group) is 1. The van der Waals surface area contributed by atoms with Gasteiger partial charge in [0.15, 0.2) is 0 Å². The van der Waals surface area contributed by atoms with Crippen molar-refractivity contribution in [2.45, 2.75) is 57.0 Å². The topological polar surface area (TPSA) is 20.3 Å². The summed E-state index contributed by atoms with van der Waals surface area (Å²) < 4.78 is 2.26. The van der Waals surface area contributed by atoms with E-state index in [9.17, 15) is 4.79 Å². The molecule has 1 amide bonds. The van der Waals surface area contributed by atoms with Crippen LogP contribution in [0.1, 0.15) is 44.9 Å². The molecule has 22 heavy (non-hydrogen) atoms. The van der Waals surface area contributed by atoms with Gasteiger partial charge in [-0.05, 0) is 25.7 Å². The summed E-state index contributed by atoms with van der Waals surface area (Å²) in [6.45, 7) is 5.56. The Bertz CT molecular complexity index is 399. The van der Waals surface area contributed by atoms with Gasteiger partial charge in [0, 0.05) is 12.8 Å².